The lowest BCUT2D eigenvalue weighted by Crippen LogP contribution is -2.09. The van der Waals surface area contributed by atoms with Crippen LogP contribution in [-0.2, 0) is 11.2 Å². The van der Waals surface area contributed by atoms with Crippen molar-refractivity contribution >= 4 is 23.4 Å². The number of aryl methyl sites for hydroxylation is 1. The number of ketones is 1. The zero-order chi connectivity index (χ0) is 15.2. The van der Waals surface area contributed by atoms with Crippen molar-refractivity contribution in [2.24, 2.45) is 0 Å². The Kier molecular flexibility index (Phi) is 5.12. The van der Waals surface area contributed by atoms with E-state index < -0.39 is 0 Å². The summed E-state index contributed by atoms with van der Waals surface area (Å²) in [5.74, 6) is 0.107. The van der Waals surface area contributed by atoms with Crippen LogP contribution in [0.15, 0.2) is 48.5 Å². The highest BCUT2D eigenvalue weighted by Crippen LogP contribution is 2.15. The summed E-state index contributed by atoms with van der Waals surface area (Å²) in [4.78, 5) is 22.9. The van der Waals surface area contributed by atoms with Gasteiger partial charge in [0, 0.05) is 17.0 Å². The van der Waals surface area contributed by atoms with E-state index in [9.17, 15) is 9.59 Å². The quantitative estimate of drug-likeness (QED) is 0.475. The van der Waals surface area contributed by atoms with Gasteiger partial charge in [0.05, 0.1) is 0 Å². The van der Waals surface area contributed by atoms with Crippen LogP contribution in [0.5, 0.6) is 5.75 Å². The Labute approximate surface area is 128 Å². The number of hydrogen-bond acceptors (Lipinski definition) is 3. The van der Waals surface area contributed by atoms with E-state index >= 15 is 0 Å². The molecule has 0 bridgehead atoms. The molecule has 0 spiro atoms. The fraction of sp³-hybridized carbons (Fsp3) is 0.176. The van der Waals surface area contributed by atoms with Gasteiger partial charge in [-0.05, 0) is 55.3 Å². The lowest BCUT2D eigenvalue weighted by molar-refractivity contribution is -0.134. The molecule has 0 aliphatic rings. The Morgan fingerprint density at radius 1 is 1.10 bits per heavy atom. The van der Waals surface area contributed by atoms with Crippen molar-refractivity contribution < 1.29 is 14.3 Å². The Morgan fingerprint density at radius 3 is 2.43 bits per heavy atom. The average molecular weight is 303 g/mol. The van der Waals surface area contributed by atoms with Crippen LogP contribution >= 0.6 is 11.6 Å². The van der Waals surface area contributed by atoms with Crippen LogP contribution in [0, 0.1) is 0 Å². The van der Waals surface area contributed by atoms with Gasteiger partial charge in [0.15, 0.2) is 5.78 Å². The first-order valence-electron chi connectivity index (χ1n) is 6.61. The van der Waals surface area contributed by atoms with Crippen LogP contribution in [0.25, 0.3) is 0 Å². The Morgan fingerprint density at radius 2 is 1.81 bits per heavy atom. The summed E-state index contributed by atoms with van der Waals surface area (Å²) in [6.07, 6.45) is 0.847. The standard InChI is InChI=1S/C17H15ClO3/c1-12(19)14-6-8-16(9-7-14)21-17(20)10-5-13-3-2-4-15(18)11-13/h2-4,6-9,11H,5,10H2,1H3. The number of ether oxygens (including phenoxy) is 1. The number of rotatable bonds is 5. The molecule has 0 aliphatic carbocycles. The minimum absolute atomic E-state index is 0.0196. The van der Waals surface area contributed by atoms with Gasteiger partial charge in [-0.2, -0.15) is 0 Å². The molecule has 0 unspecified atom stereocenters. The van der Waals surface area contributed by atoms with Crippen LogP contribution in [0.4, 0.5) is 0 Å². The van der Waals surface area contributed by atoms with E-state index in [4.69, 9.17) is 16.3 Å². The highest BCUT2D eigenvalue weighted by Gasteiger charge is 2.07. The SMILES string of the molecule is CC(=O)c1ccc(OC(=O)CCc2cccc(Cl)c2)cc1. The summed E-state index contributed by atoms with van der Waals surface area (Å²) in [7, 11) is 0. The third-order valence-corrected chi connectivity index (χ3v) is 3.23. The second-order valence-corrected chi connectivity index (χ2v) is 5.12. The molecule has 108 valence electrons. The molecule has 0 radical (unpaired) electrons. The second-order valence-electron chi connectivity index (χ2n) is 4.68. The van der Waals surface area contributed by atoms with E-state index in [1.165, 1.54) is 6.92 Å². The third-order valence-electron chi connectivity index (χ3n) is 3.00. The van der Waals surface area contributed by atoms with E-state index in [2.05, 4.69) is 0 Å². The number of carbonyl (C=O) groups is 2. The fourth-order valence-corrected chi connectivity index (χ4v) is 2.09. The smallest absolute Gasteiger partial charge is 0.311 e. The van der Waals surface area contributed by atoms with Crippen molar-refractivity contribution in [2.75, 3.05) is 0 Å². The van der Waals surface area contributed by atoms with Crippen LogP contribution in [0.2, 0.25) is 5.02 Å². The summed E-state index contributed by atoms with van der Waals surface area (Å²) < 4.78 is 5.22. The topological polar surface area (TPSA) is 43.4 Å². The molecule has 0 atom stereocenters. The number of halogens is 1. The molecular formula is C17H15ClO3. The molecule has 0 aromatic heterocycles. The highest BCUT2D eigenvalue weighted by molar-refractivity contribution is 6.30. The van der Waals surface area contributed by atoms with Gasteiger partial charge in [-0.1, -0.05) is 23.7 Å². The molecule has 0 saturated carbocycles. The molecular weight excluding hydrogens is 288 g/mol. The van der Waals surface area contributed by atoms with Crippen LogP contribution in [0.1, 0.15) is 29.3 Å². The molecule has 0 heterocycles. The van der Waals surface area contributed by atoms with E-state index in [1.807, 2.05) is 18.2 Å². The van der Waals surface area contributed by atoms with Crippen molar-refractivity contribution in [1.29, 1.82) is 0 Å². The van der Waals surface area contributed by atoms with Gasteiger partial charge in [0.1, 0.15) is 5.75 Å². The first-order valence-corrected chi connectivity index (χ1v) is 6.98. The van der Waals surface area contributed by atoms with Gasteiger partial charge in [-0.15, -0.1) is 0 Å². The zero-order valence-electron chi connectivity index (χ0n) is 11.6. The molecule has 3 nitrogen and oxygen atoms in total. The van der Waals surface area contributed by atoms with Crippen molar-refractivity contribution in [2.45, 2.75) is 19.8 Å². The van der Waals surface area contributed by atoms with Gasteiger partial charge in [0.25, 0.3) is 0 Å². The molecule has 0 fully saturated rings. The summed E-state index contributed by atoms with van der Waals surface area (Å²) in [5, 5.41) is 0.653. The van der Waals surface area contributed by atoms with Crippen molar-refractivity contribution in [3.8, 4) is 5.75 Å². The van der Waals surface area contributed by atoms with Crippen molar-refractivity contribution in [3.05, 3.63) is 64.7 Å². The highest BCUT2D eigenvalue weighted by atomic mass is 35.5. The van der Waals surface area contributed by atoms with Crippen LogP contribution in [-0.4, -0.2) is 11.8 Å². The number of hydrogen-bond donors (Lipinski definition) is 0. The van der Waals surface area contributed by atoms with Crippen molar-refractivity contribution in [3.63, 3.8) is 0 Å². The van der Waals surface area contributed by atoms with Gasteiger partial charge in [0.2, 0.25) is 0 Å². The first-order chi connectivity index (χ1) is 10.0. The summed E-state index contributed by atoms with van der Waals surface area (Å²) >= 11 is 5.89. The maximum absolute atomic E-state index is 11.8. The summed E-state index contributed by atoms with van der Waals surface area (Å²) in [5.41, 5.74) is 1.58. The molecule has 2 aromatic carbocycles. The first kappa shape index (κ1) is 15.3. The molecule has 21 heavy (non-hydrogen) atoms. The maximum atomic E-state index is 11.8. The van der Waals surface area contributed by atoms with Gasteiger partial charge in [-0.3, -0.25) is 9.59 Å². The van der Waals surface area contributed by atoms with E-state index in [1.54, 1.807) is 30.3 Å². The van der Waals surface area contributed by atoms with Crippen molar-refractivity contribution in [1.82, 2.24) is 0 Å². The summed E-state index contributed by atoms with van der Waals surface area (Å²) in [6.45, 7) is 1.49. The molecule has 4 heteroatoms. The predicted molar refractivity (Wildman–Crippen MR) is 81.9 cm³/mol. The number of esters is 1. The lowest BCUT2D eigenvalue weighted by atomic mass is 10.1. The molecule has 0 N–H and O–H groups in total. The second kappa shape index (κ2) is 7.04. The Balaban J connectivity index is 1.88. The van der Waals surface area contributed by atoms with E-state index in [-0.39, 0.29) is 18.2 Å². The average Bonchev–Trinajstić information content (AvgIpc) is 2.46. The minimum Gasteiger partial charge on any atom is -0.427 e. The summed E-state index contributed by atoms with van der Waals surface area (Å²) in [6, 6.07) is 13.9. The Hall–Kier alpha value is -2.13. The van der Waals surface area contributed by atoms with Gasteiger partial charge < -0.3 is 4.74 Å². The lowest BCUT2D eigenvalue weighted by Gasteiger charge is -2.05. The fourth-order valence-electron chi connectivity index (χ4n) is 1.88. The maximum Gasteiger partial charge on any atom is 0.311 e. The normalized spacial score (nSPS) is 10.2. The minimum atomic E-state index is -0.314. The van der Waals surface area contributed by atoms with Crippen LogP contribution in [0.3, 0.4) is 0 Å². The monoisotopic (exact) mass is 302 g/mol. The number of carbonyl (C=O) groups excluding carboxylic acids is 2. The predicted octanol–water partition coefficient (Wildman–Crippen LogP) is 4.08. The van der Waals surface area contributed by atoms with E-state index in [0.29, 0.717) is 22.8 Å². The molecule has 0 amide bonds. The van der Waals surface area contributed by atoms with Crippen LogP contribution < -0.4 is 4.74 Å². The number of Topliss-reactive ketones (excluding diaryl/α,β-unsaturated/α-hetero) is 1. The van der Waals surface area contributed by atoms with E-state index in [0.717, 1.165) is 5.56 Å². The molecule has 0 aliphatic heterocycles. The molecule has 0 saturated heterocycles. The third kappa shape index (κ3) is 4.72. The number of benzene rings is 2. The largest absolute Gasteiger partial charge is 0.427 e. The molecule has 2 rings (SSSR count). The molecule has 2 aromatic rings. The zero-order valence-corrected chi connectivity index (χ0v) is 12.4. The Bertz CT molecular complexity index is 647. The van der Waals surface area contributed by atoms with Gasteiger partial charge >= 0.3 is 5.97 Å². The van der Waals surface area contributed by atoms with Gasteiger partial charge in [-0.25, -0.2) is 0 Å².